The Morgan fingerprint density at radius 3 is 2.86 bits per heavy atom. The second kappa shape index (κ2) is 8.27. The zero-order chi connectivity index (χ0) is 14.5. The molecule has 1 unspecified atom stereocenters. The van der Waals surface area contributed by atoms with Gasteiger partial charge in [-0.3, -0.25) is 4.79 Å². The highest BCUT2D eigenvalue weighted by Gasteiger charge is 2.21. The van der Waals surface area contributed by atoms with Crippen molar-refractivity contribution in [1.29, 1.82) is 0 Å². The van der Waals surface area contributed by atoms with Crippen LogP contribution in [0.1, 0.15) is 22.5 Å². The van der Waals surface area contributed by atoms with Gasteiger partial charge in [0.25, 0.3) is 5.91 Å². The van der Waals surface area contributed by atoms with Crippen molar-refractivity contribution in [2.75, 3.05) is 13.1 Å². The lowest BCUT2D eigenvalue weighted by atomic mass is 10.2. The SMILES string of the molecule is Cl.O=C(NC1CCNC1)c1occc1CSc1ccccc1. The predicted molar refractivity (Wildman–Crippen MR) is 90.7 cm³/mol. The average molecular weight is 339 g/mol. The van der Waals surface area contributed by atoms with Gasteiger partial charge in [0.05, 0.1) is 6.26 Å². The standard InChI is InChI=1S/C16H18N2O2S.ClH/c19-16(18-13-6-8-17-10-13)15-12(7-9-20-15)11-21-14-4-2-1-3-5-14;/h1-5,7,9,13,17H,6,8,10-11H2,(H,18,19);1H. The van der Waals surface area contributed by atoms with Crippen LogP contribution < -0.4 is 10.6 Å². The Labute approximate surface area is 140 Å². The molecule has 1 aliphatic rings. The predicted octanol–water partition coefficient (Wildman–Crippen LogP) is 3.09. The molecule has 4 nitrogen and oxygen atoms in total. The van der Waals surface area contributed by atoms with Gasteiger partial charge in [0.2, 0.25) is 0 Å². The summed E-state index contributed by atoms with van der Waals surface area (Å²) in [4.78, 5) is 13.4. The molecule has 1 saturated heterocycles. The number of benzene rings is 1. The van der Waals surface area contributed by atoms with Crippen LogP contribution in [0.4, 0.5) is 0 Å². The molecule has 2 N–H and O–H groups in total. The van der Waals surface area contributed by atoms with Crippen molar-refractivity contribution < 1.29 is 9.21 Å². The number of nitrogens with one attached hydrogen (secondary N) is 2. The van der Waals surface area contributed by atoms with Crippen LogP contribution in [-0.4, -0.2) is 25.0 Å². The van der Waals surface area contributed by atoms with Gasteiger partial charge in [0.15, 0.2) is 5.76 Å². The van der Waals surface area contributed by atoms with Gasteiger partial charge in [-0.25, -0.2) is 0 Å². The Morgan fingerprint density at radius 2 is 2.14 bits per heavy atom. The van der Waals surface area contributed by atoms with Crippen molar-refractivity contribution in [1.82, 2.24) is 10.6 Å². The number of carbonyl (C=O) groups is 1. The van der Waals surface area contributed by atoms with E-state index in [4.69, 9.17) is 4.42 Å². The van der Waals surface area contributed by atoms with Gasteiger partial charge in [0.1, 0.15) is 0 Å². The fourth-order valence-electron chi connectivity index (χ4n) is 2.36. The molecule has 2 heterocycles. The number of rotatable bonds is 5. The quantitative estimate of drug-likeness (QED) is 0.823. The Morgan fingerprint density at radius 1 is 1.32 bits per heavy atom. The van der Waals surface area contributed by atoms with Crippen LogP contribution in [0.15, 0.2) is 52.0 Å². The highest BCUT2D eigenvalue weighted by Crippen LogP contribution is 2.24. The van der Waals surface area contributed by atoms with Gasteiger partial charge in [-0.2, -0.15) is 0 Å². The summed E-state index contributed by atoms with van der Waals surface area (Å²) in [6.07, 6.45) is 2.56. The molecule has 1 atom stereocenters. The van der Waals surface area contributed by atoms with Crippen LogP contribution in [0, 0.1) is 0 Å². The number of hydrogen-bond donors (Lipinski definition) is 2. The van der Waals surface area contributed by atoms with Gasteiger partial charge >= 0.3 is 0 Å². The van der Waals surface area contributed by atoms with Crippen molar-refractivity contribution in [2.24, 2.45) is 0 Å². The summed E-state index contributed by atoms with van der Waals surface area (Å²) in [6.45, 7) is 1.79. The Hall–Kier alpha value is -1.43. The average Bonchev–Trinajstić information content (AvgIpc) is 3.17. The van der Waals surface area contributed by atoms with Crippen LogP contribution in [-0.2, 0) is 5.75 Å². The summed E-state index contributed by atoms with van der Waals surface area (Å²) in [7, 11) is 0. The minimum absolute atomic E-state index is 0. The molecule has 0 saturated carbocycles. The third-order valence-electron chi connectivity index (χ3n) is 3.49. The molecule has 0 aliphatic carbocycles. The molecule has 1 aromatic carbocycles. The molecule has 1 aromatic heterocycles. The van der Waals surface area contributed by atoms with E-state index in [0.29, 0.717) is 5.76 Å². The highest BCUT2D eigenvalue weighted by atomic mass is 35.5. The first-order valence-electron chi connectivity index (χ1n) is 7.09. The van der Waals surface area contributed by atoms with Gasteiger partial charge in [-0.05, 0) is 31.2 Å². The molecular weight excluding hydrogens is 320 g/mol. The number of hydrogen-bond acceptors (Lipinski definition) is 4. The van der Waals surface area contributed by atoms with E-state index in [9.17, 15) is 4.79 Å². The van der Waals surface area contributed by atoms with Gasteiger partial charge in [0, 0.05) is 28.8 Å². The van der Waals surface area contributed by atoms with Crippen LogP contribution >= 0.6 is 24.2 Å². The monoisotopic (exact) mass is 338 g/mol. The second-order valence-corrected chi connectivity index (χ2v) is 6.09. The summed E-state index contributed by atoms with van der Waals surface area (Å²) >= 11 is 1.70. The zero-order valence-corrected chi connectivity index (χ0v) is 13.7. The van der Waals surface area contributed by atoms with Gasteiger partial charge in [-0.15, -0.1) is 24.2 Å². The normalized spacial score (nSPS) is 17.0. The Balaban J connectivity index is 0.00000176. The molecule has 1 fully saturated rings. The smallest absolute Gasteiger partial charge is 0.287 e. The van der Waals surface area contributed by atoms with Gasteiger partial charge < -0.3 is 15.1 Å². The van der Waals surface area contributed by atoms with Crippen LogP contribution in [0.3, 0.4) is 0 Å². The summed E-state index contributed by atoms with van der Waals surface area (Å²) in [5, 5.41) is 6.25. The topological polar surface area (TPSA) is 54.3 Å². The second-order valence-electron chi connectivity index (χ2n) is 5.04. The molecule has 2 aromatic rings. The number of furan rings is 1. The fraction of sp³-hybridized carbons (Fsp3) is 0.312. The summed E-state index contributed by atoms with van der Waals surface area (Å²) in [6, 6.07) is 12.2. The molecule has 118 valence electrons. The molecule has 6 heteroatoms. The summed E-state index contributed by atoms with van der Waals surface area (Å²) in [5.41, 5.74) is 0.937. The zero-order valence-electron chi connectivity index (χ0n) is 12.1. The van der Waals surface area contributed by atoms with Crippen LogP contribution in [0.25, 0.3) is 0 Å². The molecule has 1 aliphatic heterocycles. The number of carbonyl (C=O) groups excluding carboxylic acids is 1. The van der Waals surface area contributed by atoms with Gasteiger partial charge in [-0.1, -0.05) is 18.2 Å². The molecule has 22 heavy (non-hydrogen) atoms. The maximum Gasteiger partial charge on any atom is 0.287 e. The van der Waals surface area contributed by atoms with E-state index in [-0.39, 0.29) is 24.4 Å². The minimum atomic E-state index is -0.114. The number of amides is 1. The van der Waals surface area contributed by atoms with E-state index in [1.54, 1.807) is 18.0 Å². The minimum Gasteiger partial charge on any atom is -0.459 e. The first kappa shape index (κ1) is 16.9. The molecule has 0 spiro atoms. The Bertz CT molecular complexity index is 597. The number of thioether (sulfide) groups is 1. The summed E-state index contributed by atoms with van der Waals surface area (Å²) in [5.74, 6) is 1.05. The van der Waals surface area contributed by atoms with Crippen molar-refractivity contribution in [3.63, 3.8) is 0 Å². The van der Waals surface area contributed by atoms with Crippen molar-refractivity contribution >= 4 is 30.1 Å². The number of halogens is 1. The lowest BCUT2D eigenvalue weighted by molar-refractivity contribution is 0.0911. The molecule has 3 rings (SSSR count). The van der Waals surface area contributed by atoms with Crippen molar-refractivity contribution in [3.05, 3.63) is 54.0 Å². The molecule has 1 amide bonds. The molecular formula is C16H19ClN2O2S. The highest BCUT2D eigenvalue weighted by molar-refractivity contribution is 7.98. The maximum absolute atomic E-state index is 12.3. The lowest BCUT2D eigenvalue weighted by Crippen LogP contribution is -2.36. The van der Waals surface area contributed by atoms with Crippen molar-refractivity contribution in [2.45, 2.75) is 23.1 Å². The first-order chi connectivity index (χ1) is 10.3. The van der Waals surface area contributed by atoms with E-state index in [0.717, 1.165) is 30.8 Å². The van der Waals surface area contributed by atoms with Crippen molar-refractivity contribution in [3.8, 4) is 0 Å². The van der Waals surface area contributed by atoms with E-state index in [1.807, 2.05) is 24.3 Å². The third kappa shape index (κ3) is 4.29. The summed E-state index contributed by atoms with van der Waals surface area (Å²) < 4.78 is 5.38. The fourth-order valence-corrected chi connectivity index (χ4v) is 3.25. The third-order valence-corrected chi connectivity index (χ3v) is 4.55. The van der Waals surface area contributed by atoms with E-state index in [2.05, 4.69) is 22.8 Å². The lowest BCUT2D eigenvalue weighted by Gasteiger charge is -2.10. The first-order valence-corrected chi connectivity index (χ1v) is 8.07. The van der Waals surface area contributed by atoms with Crippen LogP contribution in [0.5, 0.6) is 0 Å². The van der Waals surface area contributed by atoms with E-state index < -0.39 is 0 Å². The van der Waals surface area contributed by atoms with Crippen LogP contribution in [0.2, 0.25) is 0 Å². The van der Waals surface area contributed by atoms with E-state index >= 15 is 0 Å². The van der Waals surface area contributed by atoms with E-state index in [1.165, 1.54) is 4.90 Å². The Kier molecular flexibility index (Phi) is 6.36. The molecule has 0 radical (unpaired) electrons. The molecule has 0 bridgehead atoms. The largest absolute Gasteiger partial charge is 0.459 e. The maximum atomic E-state index is 12.3.